The van der Waals surface area contributed by atoms with Gasteiger partial charge in [0, 0.05) is 0 Å². The third-order valence-electron chi connectivity index (χ3n) is 4.39. The van der Waals surface area contributed by atoms with Crippen LogP contribution in [0.1, 0.15) is 45.6 Å². The van der Waals surface area contributed by atoms with Gasteiger partial charge in [-0.25, -0.2) is 4.21 Å². The van der Waals surface area contributed by atoms with Gasteiger partial charge in [0.05, 0.1) is 11.0 Å². The topological polar surface area (TPSA) is 26.3 Å². The molecule has 0 aliphatic heterocycles. The fourth-order valence-electron chi connectivity index (χ4n) is 3.04. The van der Waals surface area contributed by atoms with E-state index in [-0.39, 0.29) is 6.10 Å². The van der Waals surface area contributed by atoms with Gasteiger partial charge >= 0.3 is 0 Å². The van der Waals surface area contributed by atoms with Crippen molar-refractivity contribution >= 4 is 11.1 Å². The Labute approximate surface area is 125 Å². The number of rotatable bonds is 4. The second-order valence-corrected chi connectivity index (χ2v) is 7.64. The number of hydrogen-bond acceptors (Lipinski definition) is 2. The van der Waals surface area contributed by atoms with Gasteiger partial charge in [-0.05, 0) is 49.7 Å². The van der Waals surface area contributed by atoms with Crippen molar-refractivity contribution in [1.29, 1.82) is 0 Å². The molecule has 0 heterocycles. The summed E-state index contributed by atoms with van der Waals surface area (Å²) in [6.07, 6.45) is 3.61. The Hall–Kier alpha value is -0.670. The van der Waals surface area contributed by atoms with Gasteiger partial charge in [-0.2, -0.15) is 0 Å². The van der Waals surface area contributed by atoms with Crippen LogP contribution in [0, 0.1) is 24.7 Å². The van der Waals surface area contributed by atoms with Crippen molar-refractivity contribution in [2.75, 3.05) is 0 Å². The summed E-state index contributed by atoms with van der Waals surface area (Å²) in [7, 11) is 0. The molecule has 0 aromatic heterocycles. The van der Waals surface area contributed by atoms with Gasteiger partial charge in [0.1, 0.15) is 0 Å². The van der Waals surface area contributed by atoms with Crippen LogP contribution in [-0.4, -0.2) is 10.3 Å². The van der Waals surface area contributed by atoms with Crippen molar-refractivity contribution in [3.8, 4) is 0 Å². The molecule has 4 atom stereocenters. The molecule has 20 heavy (non-hydrogen) atoms. The Morgan fingerprint density at radius 2 is 1.85 bits per heavy atom. The maximum Gasteiger partial charge on any atom is 0.189 e. The summed E-state index contributed by atoms with van der Waals surface area (Å²) in [5, 5.41) is 0. The first-order valence-electron chi connectivity index (χ1n) is 7.63. The van der Waals surface area contributed by atoms with E-state index < -0.39 is 11.1 Å². The summed E-state index contributed by atoms with van der Waals surface area (Å²) >= 11 is -1.34. The van der Waals surface area contributed by atoms with Gasteiger partial charge in [-0.1, -0.05) is 44.9 Å². The molecular weight excluding hydrogens is 268 g/mol. The van der Waals surface area contributed by atoms with E-state index in [9.17, 15) is 4.21 Å². The van der Waals surface area contributed by atoms with Crippen molar-refractivity contribution < 1.29 is 8.39 Å². The predicted molar refractivity (Wildman–Crippen MR) is 83.8 cm³/mol. The predicted octanol–water partition coefficient (Wildman–Crippen LogP) is 4.50. The van der Waals surface area contributed by atoms with Crippen LogP contribution in [-0.2, 0) is 15.3 Å². The summed E-state index contributed by atoms with van der Waals surface area (Å²) in [5.74, 6) is 1.79. The Morgan fingerprint density at radius 1 is 1.20 bits per heavy atom. The minimum absolute atomic E-state index is 0.126. The third-order valence-corrected chi connectivity index (χ3v) is 5.46. The van der Waals surface area contributed by atoms with E-state index in [0.29, 0.717) is 17.8 Å². The molecule has 2 rings (SSSR count). The molecule has 0 N–H and O–H groups in total. The summed E-state index contributed by atoms with van der Waals surface area (Å²) in [4.78, 5) is 0.774. The van der Waals surface area contributed by atoms with E-state index in [4.69, 9.17) is 4.18 Å². The summed E-state index contributed by atoms with van der Waals surface area (Å²) in [5.41, 5.74) is 1.18. The Balaban J connectivity index is 2.05. The molecule has 2 nitrogen and oxygen atoms in total. The standard InChI is InChI=1S/C17H26O2S/c1-12(2)16-10-7-14(4)11-17(16)19-20(18)15-8-5-13(3)6-9-15/h5-6,8-9,12,14,16-17H,7,10-11H2,1-4H3/t14-,16-,17-,20+/m1/s1. The fraction of sp³-hybridized carbons (Fsp3) is 0.647. The lowest BCUT2D eigenvalue weighted by Crippen LogP contribution is -2.34. The smallest absolute Gasteiger partial charge is 0.189 e. The van der Waals surface area contributed by atoms with Crippen molar-refractivity contribution in [1.82, 2.24) is 0 Å². The van der Waals surface area contributed by atoms with Gasteiger partial charge in [0.15, 0.2) is 11.1 Å². The number of hydrogen-bond donors (Lipinski definition) is 0. The number of aryl methyl sites for hydroxylation is 1. The molecule has 0 unspecified atom stereocenters. The second-order valence-electron chi connectivity index (χ2n) is 6.51. The van der Waals surface area contributed by atoms with Crippen LogP contribution >= 0.6 is 0 Å². The van der Waals surface area contributed by atoms with Crippen LogP contribution in [0.25, 0.3) is 0 Å². The maximum absolute atomic E-state index is 12.4. The molecule has 0 spiro atoms. The van der Waals surface area contributed by atoms with Crippen LogP contribution in [0.2, 0.25) is 0 Å². The lowest BCUT2D eigenvalue weighted by Gasteiger charge is -2.36. The molecule has 1 aliphatic carbocycles. The third kappa shape index (κ3) is 3.92. The van der Waals surface area contributed by atoms with Gasteiger partial charge in [-0.3, -0.25) is 4.18 Å². The molecule has 1 aliphatic rings. The molecule has 1 aromatic carbocycles. The van der Waals surface area contributed by atoms with E-state index in [2.05, 4.69) is 20.8 Å². The van der Waals surface area contributed by atoms with Crippen LogP contribution in [0.15, 0.2) is 29.2 Å². The van der Waals surface area contributed by atoms with E-state index in [1.54, 1.807) is 0 Å². The Bertz CT molecular complexity index is 453. The fourth-order valence-corrected chi connectivity index (χ4v) is 3.96. The zero-order valence-electron chi connectivity index (χ0n) is 13.0. The first kappa shape index (κ1) is 15.7. The Morgan fingerprint density at radius 3 is 2.45 bits per heavy atom. The van der Waals surface area contributed by atoms with E-state index in [0.717, 1.165) is 11.3 Å². The van der Waals surface area contributed by atoms with Crippen LogP contribution in [0.4, 0.5) is 0 Å². The normalized spacial score (nSPS) is 28.6. The van der Waals surface area contributed by atoms with Crippen molar-refractivity contribution in [3.05, 3.63) is 29.8 Å². The lowest BCUT2D eigenvalue weighted by atomic mass is 9.75. The maximum atomic E-state index is 12.4. The molecule has 0 saturated heterocycles. The highest BCUT2D eigenvalue weighted by molar-refractivity contribution is 7.80. The monoisotopic (exact) mass is 294 g/mol. The van der Waals surface area contributed by atoms with Crippen LogP contribution < -0.4 is 0 Å². The van der Waals surface area contributed by atoms with Crippen LogP contribution in [0.3, 0.4) is 0 Å². The minimum atomic E-state index is -1.34. The van der Waals surface area contributed by atoms with E-state index in [1.165, 1.54) is 18.4 Å². The van der Waals surface area contributed by atoms with Crippen LogP contribution in [0.5, 0.6) is 0 Å². The molecule has 1 aromatic rings. The molecular formula is C17H26O2S. The van der Waals surface area contributed by atoms with Crippen molar-refractivity contribution in [3.63, 3.8) is 0 Å². The molecule has 0 amide bonds. The van der Waals surface area contributed by atoms with Gasteiger partial charge in [0.2, 0.25) is 0 Å². The summed E-state index contributed by atoms with van der Waals surface area (Å²) in [6, 6.07) is 7.78. The zero-order valence-corrected chi connectivity index (χ0v) is 13.8. The van der Waals surface area contributed by atoms with Gasteiger partial charge < -0.3 is 0 Å². The first-order valence-corrected chi connectivity index (χ1v) is 8.70. The quantitative estimate of drug-likeness (QED) is 0.817. The minimum Gasteiger partial charge on any atom is -0.283 e. The number of benzene rings is 1. The first-order chi connectivity index (χ1) is 9.47. The van der Waals surface area contributed by atoms with Crippen molar-refractivity contribution in [2.45, 2.75) is 58.0 Å². The molecule has 0 radical (unpaired) electrons. The summed E-state index contributed by atoms with van der Waals surface area (Å²) < 4.78 is 18.3. The molecule has 1 fully saturated rings. The largest absolute Gasteiger partial charge is 0.283 e. The molecule has 1 saturated carbocycles. The SMILES string of the molecule is Cc1ccc([S@@](=O)O[C@@H]2C[C@H](C)CC[C@@H]2C(C)C)cc1. The average Bonchev–Trinajstić information content (AvgIpc) is 2.39. The molecule has 0 bridgehead atoms. The second kappa shape index (κ2) is 6.86. The van der Waals surface area contributed by atoms with E-state index in [1.807, 2.05) is 31.2 Å². The highest BCUT2D eigenvalue weighted by atomic mass is 32.2. The van der Waals surface area contributed by atoms with E-state index >= 15 is 0 Å². The highest BCUT2D eigenvalue weighted by Gasteiger charge is 2.33. The Kier molecular flexibility index (Phi) is 5.39. The zero-order chi connectivity index (χ0) is 14.7. The van der Waals surface area contributed by atoms with Gasteiger partial charge in [-0.15, -0.1) is 0 Å². The lowest BCUT2D eigenvalue weighted by molar-refractivity contribution is 0.0567. The highest BCUT2D eigenvalue weighted by Crippen LogP contribution is 2.36. The average molecular weight is 294 g/mol. The summed E-state index contributed by atoms with van der Waals surface area (Å²) in [6.45, 7) is 8.78. The molecule has 3 heteroatoms. The van der Waals surface area contributed by atoms with Gasteiger partial charge in [0.25, 0.3) is 0 Å². The van der Waals surface area contributed by atoms with Crippen molar-refractivity contribution in [2.24, 2.45) is 17.8 Å². The molecule has 112 valence electrons.